The lowest BCUT2D eigenvalue weighted by Gasteiger charge is -2.16. The summed E-state index contributed by atoms with van der Waals surface area (Å²) in [7, 11) is 0. The van der Waals surface area contributed by atoms with Crippen LogP contribution in [0.3, 0.4) is 0 Å². The Morgan fingerprint density at radius 1 is 1.19 bits per heavy atom. The molecule has 0 saturated carbocycles. The van der Waals surface area contributed by atoms with Gasteiger partial charge in [0.25, 0.3) is 0 Å². The zero-order valence-corrected chi connectivity index (χ0v) is 12.4. The van der Waals surface area contributed by atoms with Crippen LogP contribution in [0, 0.1) is 18.8 Å². The van der Waals surface area contributed by atoms with E-state index in [1.54, 1.807) is 38.1 Å². The van der Waals surface area contributed by atoms with Crippen LogP contribution in [0.25, 0.3) is 0 Å². The molecule has 1 aromatic carbocycles. The molecule has 1 aromatic heterocycles. The molecular weight excluding hydrogens is 288 g/mol. The summed E-state index contributed by atoms with van der Waals surface area (Å²) in [4.78, 5) is 7.87. The molecule has 5 N–H and O–H groups in total. The Morgan fingerprint density at radius 3 is 2.38 bits per heavy atom. The van der Waals surface area contributed by atoms with Gasteiger partial charge in [0.1, 0.15) is 11.4 Å². The van der Waals surface area contributed by atoms with Crippen molar-refractivity contribution in [2.45, 2.75) is 19.4 Å². The number of benzene rings is 1. The number of nitrogens with zero attached hydrogens (tertiary/aromatic N) is 2. The largest absolute Gasteiger partial charge is 0.382 e. The average molecular weight is 303 g/mol. The first-order valence-electron chi connectivity index (χ1n) is 6.21. The second-order valence-corrected chi connectivity index (χ2v) is 5.19. The zero-order valence-electron chi connectivity index (χ0n) is 11.7. The third-order valence-corrected chi connectivity index (χ3v) is 3.22. The number of aryl methyl sites for hydroxylation is 1. The van der Waals surface area contributed by atoms with Crippen LogP contribution in [-0.4, -0.2) is 15.1 Å². The normalized spacial score (nSPS) is 13.1. The van der Waals surface area contributed by atoms with Crippen LogP contribution in [0.5, 0.6) is 0 Å². The standard InChI is InChI=1S/C15H15ClN4O/c1-9-12(13(17)20-14(18)19-9)7-8-15(2,21)10-3-5-11(16)6-4-10/h3-6,21H,1-2H3,(H4,17,18,19,20). The minimum Gasteiger partial charge on any atom is -0.382 e. The molecule has 0 saturated heterocycles. The molecule has 5 nitrogen and oxygen atoms in total. The van der Waals surface area contributed by atoms with E-state index in [0.29, 0.717) is 21.8 Å². The Balaban J connectivity index is 2.40. The second-order valence-electron chi connectivity index (χ2n) is 4.76. The van der Waals surface area contributed by atoms with Crippen molar-refractivity contribution >= 4 is 23.4 Å². The van der Waals surface area contributed by atoms with Gasteiger partial charge in [0, 0.05) is 5.02 Å². The lowest BCUT2D eigenvalue weighted by molar-refractivity contribution is 0.122. The SMILES string of the molecule is Cc1nc(N)nc(N)c1C#CC(C)(O)c1ccc(Cl)cc1. The molecule has 0 aliphatic heterocycles. The van der Waals surface area contributed by atoms with Crippen molar-refractivity contribution in [2.24, 2.45) is 0 Å². The molecular formula is C15H15ClN4O. The quantitative estimate of drug-likeness (QED) is 0.698. The Hall–Kier alpha value is -2.29. The van der Waals surface area contributed by atoms with Gasteiger partial charge in [-0.3, -0.25) is 0 Å². The van der Waals surface area contributed by atoms with Crippen LogP contribution in [-0.2, 0) is 5.60 Å². The molecule has 1 unspecified atom stereocenters. The Kier molecular flexibility index (Phi) is 4.03. The maximum absolute atomic E-state index is 10.5. The van der Waals surface area contributed by atoms with E-state index in [2.05, 4.69) is 21.8 Å². The number of aromatic nitrogens is 2. The third-order valence-electron chi connectivity index (χ3n) is 2.97. The number of nitrogen functional groups attached to an aromatic ring is 2. The molecule has 2 aromatic rings. The summed E-state index contributed by atoms with van der Waals surface area (Å²) < 4.78 is 0. The van der Waals surface area contributed by atoms with Crippen LogP contribution in [0.15, 0.2) is 24.3 Å². The predicted octanol–water partition coefficient (Wildman–Crippen LogP) is 1.86. The molecule has 21 heavy (non-hydrogen) atoms. The van der Waals surface area contributed by atoms with Gasteiger partial charge in [-0.25, -0.2) is 4.98 Å². The van der Waals surface area contributed by atoms with E-state index in [9.17, 15) is 5.11 Å². The molecule has 1 heterocycles. The molecule has 0 amide bonds. The molecule has 0 aliphatic carbocycles. The molecule has 108 valence electrons. The summed E-state index contributed by atoms with van der Waals surface area (Å²) in [6.45, 7) is 3.32. The van der Waals surface area contributed by atoms with E-state index in [0.717, 1.165) is 0 Å². The van der Waals surface area contributed by atoms with Crippen molar-refractivity contribution in [3.63, 3.8) is 0 Å². The molecule has 0 spiro atoms. The Morgan fingerprint density at radius 2 is 1.81 bits per heavy atom. The lowest BCUT2D eigenvalue weighted by Crippen LogP contribution is -2.18. The Labute approximate surface area is 128 Å². The minimum atomic E-state index is -1.34. The minimum absolute atomic E-state index is 0.0972. The Bertz CT molecular complexity index is 707. The topological polar surface area (TPSA) is 98.0 Å². The van der Waals surface area contributed by atoms with E-state index < -0.39 is 5.60 Å². The van der Waals surface area contributed by atoms with Crippen LogP contribution < -0.4 is 11.5 Å². The third kappa shape index (κ3) is 3.43. The highest BCUT2D eigenvalue weighted by molar-refractivity contribution is 6.30. The van der Waals surface area contributed by atoms with Gasteiger partial charge >= 0.3 is 0 Å². The van der Waals surface area contributed by atoms with E-state index in [4.69, 9.17) is 23.1 Å². The fourth-order valence-electron chi connectivity index (χ4n) is 1.80. The molecule has 0 radical (unpaired) electrons. The van der Waals surface area contributed by atoms with Gasteiger partial charge in [-0.1, -0.05) is 35.6 Å². The van der Waals surface area contributed by atoms with E-state index >= 15 is 0 Å². The number of anilines is 2. The van der Waals surface area contributed by atoms with Gasteiger partial charge in [0.15, 0.2) is 0 Å². The maximum Gasteiger partial charge on any atom is 0.222 e. The fraction of sp³-hybridized carbons (Fsp3) is 0.200. The summed E-state index contributed by atoms with van der Waals surface area (Å²) in [5, 5.41) is 11.0. The van der Waals surface area contributed by atoms with Crippen molar-refractivity contribution in [3.8, 4) is 11.8 Å². The van der Waals surface area contributed by atoms with Crippen molar-refractivity contribution in [1.82, 2.24) is 9.97 Å². The van der Waals surface area contributed by atoms with Crippen LogP contribution in [0.1, 0.15) is 23.7 Å². The van der Waals surface area contributed by atoms with Gasteiger partial charge < -0.3 is 16.6 Å². The van der Waals surface area contributed by atoms with E-state index in [1.165, 1.54) is 0 Å². The molecule has 1 atom stereocenters. The van der Waals surface area contributed by atoms with E-state index in [1.807, 2.05) is 0 Å². The molecule has 0 bridgehead atoms. The lowest BCUT2D eigenvalue weighted by atomic mass is 9.96. The highest BCUT2D eigenvalue weighted by Gasteiger charge is 2.20. The van der Waals surface area contributed by atoms with Gasteiger partial charge in [-0.05, 0) is 31.5 Å². The first-order chi connectivity index (χ1) is 9.79. The highest BCUT2D eigenvalue weighted by atomic mass is 35.5. The first kappa shape index (κ1) is 15.1. The summed E-state index contributed by atoms with van der Waals surface area (Å²) in [6.07, 6.45) is 0. The maximum atomic E-state index is 10.5. The van der Waals surface area contributed by atoms with Crippen LogP contribution in [0.2, 0.25) is 5.02 Å². The monoisotopic (exact) mass is 302 g/mol. The van der Waals surface area contributed by atoms with Crippen molar-refractivity contribution in [1.29, 1.82) is 0 Å². The van der Waals surface area contributed by atoms with Crippen molar-refractivity contribution < 1.29 is 5.11 Å². The van der Waals surface area contributed by atoms with Crippen molar-refractivity contribution in [2.75, 3.05) is 11.5 Å². The van der Waals surface area contributed by atoms with Gasteiger partial charge in [-0.2, -0.15) is 4.98 Å². The number of nitrogens with two attached hydrogens (primary N) is 2. The summed E-state index contributed by atoms with van der Waals surface area (Å²) >= 11 is 5.83. The predicted molar refractivity (Wildman–Crippen MR) is 83.5 cm³/mol. The van der Waals surface area contributed by atoms with Crippen LogP contribution >= 0.6 is 11.6 Å². The van der Waals surface area contributed by atoms with Gasteiger partial charge in [-0.15, -0.1) is 0 Å². The summed E-state index contributed by atoms with van der Waals surface area (Å²) in [6, 6.07) is 6.82. The zero-order chi connectivity index (χ0) is 15.6. The first-order valence-corrected chi connectivity index (χ1v) is 6.58. The smallest absolute Gasteiger partial charge is 0.222 e. The number of hydrogen-bond acceptors (Lipinski definition) is 5. The van der Waals surface area contributed by atoms with Crippen molar-refractivity contribution in [3.05, 3.63) is 46.1 Å². The molecule has 6 heteroatoms. The average Bonchev–Trinajstić information content (AvgIpc) is 2.37. The number of halogens is 1. The second kappa shape index (κ2) is 5.60. The molecule has 0 aliphatic rings. The van der Waals surface area contributed by atoms with E-state index in [-0.39, 0.29) is 11.8 Å². The summed E-state index contributed by atoms with van der Waals surface area (Å²) in [5.41, 5.74) is 11.6. The van der Waals surface area contributed by atoms with Gasteiger partial charge in [0.05, 0.1) is 11.3 Å². The highest BCUT2D eigenvalue weighted by Crippen LogP contribution is 2.22. The summed E-state index contributed by atoms with van der Waals surface area (Å²) in [5.74, 6) is 5.89. The molecule has 0 fully saturated rings. The fourth-order valence-corrected chi connectivity index (χ4v) is 1.93. The van der Waals surface area contributed by atoms with Gasteiger partial charge in [0.2, 0.25) is 5.95 Å². The molecule has 2 rings (SSSR count). The number of hydrogen-bond donors (Lipinski definition) is 3. The number of aliphatic hydroxyl groups is 1. The van der Waals surface area contributed by atoms with Crippen LogP contribution in [0.4, 0.5) is 11.8 Å². The number of rotatable bonds is 1.